The summed E-state index contributed by atoms with van der Waals surface area (Å²) in [7, 11) is 0. The van der Waals surface area contributed by atoms with Crippen LogP contribution in [0, 0.1) is 12.1 Å². The van der Waals surface area contributed by atoms with Crippen molar-refractivity contribution in [2.75, 3.05) is 4.90 Å². The number of fused-ring (bicyclic) bond motifs is 5. The zero-order valence-electron chi connectivity index (χ0n) is 22.8. The average Bonchev–Trinajstić information content (AvgIpc) is 3.46. The summed E-state index contributed by atoms with van der Waals surface area (Å²) in [6.45, 7) is 0. The van der Waals surface area contributed by atoms with Crippen LogP contribution in [0.5, 0.6) is 0 Å². The van der Waals surface area contributed by atoms with E-state index in [0.717, 1.165) is 72.3 Å². The van der Waals surface area contributed by atoms with E-state index in [0.29, 0.717) is 0 Å². The summed E-state index contributed by atoms with van der Waals surface area (Å²) >= 11 is 0. The minimum atomic E-state index is 0. The smallest absolute Gasteiger partial charge is 0.463 e. The van der Waals surface area contributed by atoms with Crippen LogP contribution in [0.3, 0.4) is 0 Å². The number of para-hydroxylation sites is 1. The van der Waals surface area contributed by atoms with Crippen molar-refractivity contribution in [2.24, 2.45) is 0 Å². The van der Waals surface area contributed by atoms with Gasteiger partial charge in [-0.25, -0.2) is 0 Å². The summed E-state index contributed by atoms with van der Waals surface area (Å²) in [6, 6.07) is 50.3. The molecule has 0 aliphatic rings. The molecule has 8 rings (SSSR count). The minimum Gasteiger partial charge on any atom is -0.463 e. The molecular weight excluding hydrogens is 710 g/mol. The van der Waals surface area contributed by atoms with Crippen LogP contribution >= 0.6 is 0 Å². The van der Waals surface area contributed by atoms with E-state index in [-0.39, 0.29) is 21.1 Å². The maximum absolute atomic E-state index is 6.58. The number of hydrogen-bond acceptors (Lipinski definition) is 4. The summed E-state index contributed by atoms with van der Waals surface area (Å²) in [5.41, 5.74) is 7.79. The number of furan rings is 1. The van der Waals surface area contributed by atoms with Gasteiger partial charge in [0, 0.05) is 39.9 Å². The van der Waals surface area contributed by atoms with Crippen molar-refractivity contribution in [3.63, 3.8) is 0 Å². The molecule has 8 aromatic rings. The molecule has 0 fully saturated rings. The van der Waals surface area contributed by atoms with Crippen molar-refractivity contribution < 1.29 is 25.5 Å². The fraction of sp³-hybridized carbons (Fsp3) is 0. The molecular formula is C38H23N3OPt. The van der Waals surface area contributed by atoms with Gasteiger partial charge in [-0.1, -0.05) is 60.7 Å². The Morgan fingerprint density at radius 2 is 1.23 bits per heavy atom. The second-order valence-corrected chi connectivity index (χ2v) is 10.1. The standard InChI is InChI=1S/C38H23N3O.Pt/c1-2-13-29(14-3-1)41(30-15-8-11-27(24-30)35-18-6-7-22-39-35)31-16-9-12-28(25-31)36-38-34(21-23-40-36)33-20-19-26-10-4-5-17-32(26)37(33)42-38;/h1-23H;/q-2;+2. The summed E-state index contributed by atoms with van der Waals surface area (Å²) in [6.07, 6.45) is 3.65. The SMILES string of the molecule is [Pt+2].[c-]1c(-c2ccccn2)cccc1N(c1[c-]c(-c2nccc3c2oc2c4ccccc4ccc32)ccc1)c1ccccc1. The van der Waals surface area contributed by atoms with Gasteiger partial charge in [0.25, 0.3) is 0 Å². The Balaban J connectivity index is 0.00000300. The van der Waals surface area contributed by atoms with E-state index < -0.39 is 0 Å². The van der Waals surface area contributed by atoms with Crippen LogP contribution in [-0.4, -0.2) is 9.97 Å². The molecule has 0 spiro atoms. The van der Waals surface area contributed by atoms with E-state index in [2.05, 4.69) is 70.5 Å². The van der Waals surface area contributed by atoms with Crippen LogP contribution in [0.1, 0.15) is 0 Å². The molecule has 0 N–H and O–H groups in total. The van der Waals surface area contributed by atoms with Crippen molar-refractivity contribution >= 4 is 49.8 Å². The Labute approximate surface area is 263 Å². The number of aromatic nitrogens is 2. The van der Waals surface area contributed by atoms with Crippen molar-refractivity contribution in [2.45, 2.75) is 0 Å². The van der Waals surface area contributed by atoms with Crippen LogP contribution < -0.4 is 4.90 Å². The molecule has 43 heavy (non-hydrogen) atoms. The van der Waals surface area contributed by atoms with Crippen molar-refractivity contribution in [3.8, 4) is 22.5 Å². The van der Waals surface area contributed by atoms with Gasteiger partial charge >= 0.3 is 21.1 Å². The first kappa shape index (κ1) is 26.8. The van der Waals surface area contributed by atoms with E-state index in [1.807, 2.05) is 85.1 Å². The largest absolute Gasteiger partial charge is 2.00 e. The normalized spacial score (nSPS) is 11.1. The zero-order valence-corrected chi connectivity index (χ0v) is 25.1. The molecule has 0 radical (unpaired) electrons. The molecule has 0 saturated heterocycles. The average molecular weight is 733 g/mol. The quantitative estimate of drug-likeness (QED) is 0.165. The van der Waals surface area contributed by atoms with E-state index in [1.165, 1.54) is 0 Å². The second-order valence-electron chi connectivity index (χ2n) is 10.1. The van der Waals surface area contributed by atoms with Gasteiger partial charge in [0.1, 0.15) is 11.2 Å². The maximum atomic E-state index is 6.58. The van der Waals surface area contributed by atoms with Gasteiger partial charge in [-0.2, -0.15) is 0 Å². The third-order valence-electron chi connectivity index (χ3n) is 7.53. The van der Waals surface area contributed by atoms with Crippen LogP contribution in [0.25, 0.3) is 55.2 Å². The molecule has 3 aromatic heterocycles. The van der Waals surface area contributed by atoms with E-state index in [9.17, 15) is 0 Å². The summed E-state index contributed by atoms with van der Waals surface area (Å²) in [5, 5.41) is 4.36. The third-order valence-corrected chi connectivity index (χ3v) is 7.53. The van der Waals surface area contributed by atoms with E-state index >= 15 is 0 Å². The first-order chi connectivity index (χ1) is 20.8. The Morgan fingerprint density at radius 1 is 0.512 bits per heavy atom. The molecule has 0 amide bonds. The fourth-order valence-corrected chi connectivity index (χ4v) is 5.59. The fourth-order valence-electron chi connectivity index (χ4n) is 5.59. The van der Waals surface area contributed by atoms with E-state index in [4.69, 9.17) is 9.40 Å². The molecule has 3 heterocycles. The molecule has 0 saturated carbocycles. The second kappa shape index (κ2) is 11.3. The number of anilines is 3. The van der Waals surface area contributed by atoms with Gasteiger partial charge in [0.15, 0.2) is 0 Å². The molecule has 206 valence electrons. The summed E-state index contributed by atoms with van der Waals surface area (Å²) in [4.78, 5) is 11.5. The number of nitrogens with zero attached hydrogens (tertiary/aromatic N) is 3. The van der Waals surface area contributed by atoms with Gasteiger partial charge < -0.3 is 19.3 Å². The predicted octanol–water partition coefficient (Wildman–Crippen LogP) is 9.93. The van der Waals surface area contributed by atoms with E-state index in [1.54, 1.807) is 6.20 Å². The Hall–Kier alpha value is -5.05. The maximum Gasteiger partial charge on any atom is 2.00 e. The van der Waals surface area contributed by atoms with Crippen LogP contribution in [0.4, 0.5) is 17.1 Å². The zero-order chi connectivity index (χ0) is 27.9. The summed E-state index contributed by atoms with van der Waals surface area (Å²) in [5.74, 6) is 0. The molecule has 0 unspecified atom stereocenters. The molecule has 0 atom stereocenters. The Bertz CT molecular complexity index is 2210. The monoisotopic (exact) mass is 732 g/mol. The van der Waals surface area contributed by atoms with Gasteiger partial charge in [-0.05, 0) is 52.8 Å². The Kier molecular flexibility index (Phi) is 7.06. The molecule has 0 aliphatic heterocycles. The molecule has 5 heteroatoms. The topological polar surface area (TPSA) is 42.2 Å². The molecule has 5 aromatic carbocycles. The number of pyridine rings is 2. The molecule has 0 aliphatic carbocycles. The van der Waals surface area contributed by atoms with Crippen LogP contribution in [0.15, 0.2) is 144 Å². The van der Waals surface area contributed by atoms with Crippen LogP contribution in [-0.2, 0) is 21.1 Å². The van der Waals surface area contributed by atoms with Crippen LogP contribution in [0.2, 0.25) is 0 Å². The van der Waals surface area contributed by atoms with Gasteiger partial charge in [-0.3, -0.25) is 0 Å². The first-order valence-corrected chi connectivity index (χ1v) is 13.8. The van der Waals surface area contributed by atoms with Crippen molar-refractivity contribution in [1.82, 2.24) is 9.97 Å². The first-order valence-electron chi connectivity index (χ1n) is 13.8. The van der Waals surface area contributed by atoms with Gasteiger partial charge in [0.2, 0.25) is 0 Å². The number of rotatable bonds is 5. The summed E-state index contributed by atoms with van der Waals surface area (Å²) < 4.78 is 6.58. The predicted molar refractivity (Wildman–Crippen MR) is 170 cm³/mol. The molecule has 0 bridgehead atoms. The van der Waals surface area contributed by atoms with Crippen molar-refractivity contribution in [3.05, 3.63) is 152 Å². The van der Waals surface area contributed by atoms with Gasteiger partial charge in [0.05, 0.1) is 0 Å². The van der Waals surface area contributed by atoms with Crippen molar-refractivity contribution in [1.29, 1.82) is 0 Å². The third kappa shape index (κ3) is 4.80. The van der Waals surface area contributed by atoms with Gasteiger partial charge in [-0.15, -0.1) is 59.7 Å². The number of benzene rings is 5. The molecule has 4 nitrogen and oxygen atoms in total. The number of hydrogen-bond donors (Lipinski definition) is 0. The Morgan fingerprint density at radius 3 is 2.05 bits per heavy atom. The minimum absolute atomic E-state index is 0.